The van der Waals surface area contributed by atoms with E-state index in [1.165, 1.54) is 43.5 Å². The molecule has 0 N–H and O–H groups in total. The zero-order chi connectivity index (χ0) is 28.6. The molecule has 1 unspecified atom stereocenters. The van der Waals surface area contributed by atoms with E-state index >= 15 is 0 Å². The molecule has 1 fully saturated rings. The van der Waals surface area contributed by atoms with Crippen molar-refractivity contribution in [3.05, 3.63) is 83.4 Å². The van der Waals surface area contributed by atoms with E-state index in [0.717, 1.165) is 46.2 Å². The van der Waals surface area contributed by atoms with Crippen LogP contribution >= 0.6 is 0 Å². The molecule has 0 amide bonds. The third-order valence-electron chi connectivity index (χ3n) is 9.15. The summed E-state index contributed by atoms with van der Waals surface area (Å²) in [5.41, 5.74) is 5.62. The van der Waals surface area contributed by atoms with Crippen LogP contribution in [0, 0.1) is 0 Å². The van der Waals surface area contributed by atoms with E-state index in [1.807, 2.05) is 6.07 Å². The molecule has 3 aromatic rings. The quantitative estimate of drug-likeness (QED) is 0.267. The molecule has 1 saturated heterocycles. The molecule has 0 spiro atoms. The van der Waals surface area contributed by atoms with Gasteiger partial charge >= 0.3 is 0 Å². The van der Waals surface area contributed by atoms with Crippen molar-refractivity contribution in [2.45, 2.75) is 64.3 Å². The third kappa shape index (κ3) is 5.77. The molecule has 5 nitrogen and oxygen atoms in total. The van der Waals surface area contributed by atoms with Gasteiger partial charge in [-0.05, 0) is 80.0 Å². The first-order valence-electron chi connectivity index (χ1n) is 15.1. The predicted molar refractivity (Wildman–Crippen MR) is 169 cm³/mol. The van der Waals surface area contributed by atoms with Crippen molar-refractivity contribution in [3.8, 4) is 23.0 Å². The standard InChI is InChI=1S/C35H43NO4Si/c1-35(2,3)41(4,5)40-27-17-18-29-32(23-27)38-24-30-28-11-7-8-12-31(28)39-34(33(29)30)25-13-15-26(16-14-25)37-22-21-36-19-9-6-10-20-36/h7-8,11-18,23,34H,6,9-10,19-22,24H2,1-5H3. The van der Waals surface area contributed by atoms with Crippen LogP contribution in [0.15, 0.2) is 66.7 Å². The van der Waals surface area contributed by atoms with Crippen LogP contribution in [0.5, 0.6) is 23.0 Å². The van der Waals surface area contributed by atoms with Gasteiger partial charge in [-0.2, -0.15) is 0 Å². The van der Waals surface area contributed by atoms with Crippen LogP contribution in [0.4, 0.5) is 0 Å². The summed E-state index contributed by atoms with van der Waals surface area (Å²) in [4.78, 5) is 2.50. The molecule has 0 radical (unpaired) electrons. The summed E-state index contributed by atoms with van der Waals surface area (Å²) in [7, 11) is -1.97. The molecule has 0 bridgehead atoms. The molecule has 1 atom stereocenters. The van der Waals surface area contributed by atoms with Crippen LogP contribution < -0.4 is 18.6 Å². The molecule has 0 aliphatic carbocycles. The van der Waals surface area contributed by atoms with Gasteiger partial charge in [-0.15, -0.1) is 0 Å². The van der Waals surface area contributed by atoms with Gasteiger partial charge < -0.3 is 18.6 Å². The van der Waals surface area contributed by atoms with Crippen molar-refractivity contribution in [2.24, 2.45) is 0 Å². The lowest BCUT2D eigenvalue weighted by Gasteiger charge is -2.37. The Labute approximate surface area is 246 Å². The predicted octanol–water partition coefficient (Wildman–Crippen LogP) is 8.37. The largest absolute Gasteiger partial charge is 0.543 e. The summed E-state index contributed by atoms with van der Waals surface area (Å²) in [5, 5.41) is 0.120. The van der Waals surface area contributed by atoms with E-state index < -0.39 is 8.32 Å². The summed E-state index contributed by atoms with van der Waals surface area (Å²) in [6.45, 7) is 15.9. The van der Waals surface area contributed by atoms with Crippen molar-refractivity contribution in [3.63, 3.8) is 0 Å². The van der Waals surface area contributed by atoms with Crippen molar-refractivity contribution in [1.29, 1.82) is 0 Å². The molecule has 3 heterocycles. The van der Waals surface area contributed by atoms with Gasteiger partial charge in [0.05, 0.1) is 0 Å². The number of likely N-dealkylation sites (tertiary alicyclic amines) is 1. The van der Waals surface area contributed by atoms with Crippen LogP contribution in [0.25, 0.3) is 11.1 Å². The molecule has 6 rings (SSSR count). The van der Waals surface area contributed by atoms with Crippen LogP contribution in [-0.4, -0.2) is 46.1 Å². The number of nitrogens with zero attached hydrogens (tertiary/aromatic N) is 1. The first-order chi connectivity index (χ1) is 19.7. The zero-order valence-corrected chi connectivity index (χ0v) is 26.2. The van der Waals surface area contributed by atoms with E-state index in [2.05, 4.69) is 99.4 Å². The van der Waals surface area contributed by atoms with E-state index in [1.54, 1.807) is 0 Å². The SMILES string of the molecule is CC(C)(C)[Si](C)(C)Oc1ccc2c(c1)OCC1=C2C(c2ccc(OCCN3CCCCC3)cc2)Oc2ccccc21. The fraction of sp³-hybridized carbons (Fsp3) is 0.429. The molecular formula is C35H43NO4Si. The molecular weight excluding hydrogens is 526 g/mol. The molecule has 3 aliphatic rings. The van der Waals surface area contributed by atoms with Gasteiger partial charge in [0, 0.05) is 34.9 Å². The van der Waals surface area contributed by atoms with E-state index in [4.69, 9.17) is 18.6 Å². The Morgan fingerprint density at radius 1 is 0.854 bits per heavy atom. The Morgan fingerprint density at radius 2 is 1.59 bits per heavy atom. The lowest BCUT2D eigenvalue weighted by Crippen LogP contribution is -2.43. The number of fused-ring (bicyclic) bond motifs is 4. The maximum Gasteiger partial charge on any atom is 0.250 e. The van der Waals surface area contributed by atoms with Crippen molar-refractivity contribution >= 4 is 19.5 Å². The number of ether oxygens (including phenoxy) is 3. The van der Waals surface area contributed by atoms with E-state index in [-0.39, 0.29) is 11.1 Å². The van der Waals surface area contributed by atoms with Crippen LogP contribution in [-0.2, 0) is 0 Å². The van der Waals surface area contributed by atoms with Gasteiger partial charge in [0.1, 0.15) is 36.2 Å². The Morgan fingerprint density at radius 3 is 2.34 bits per heavy atom. The van der Waals surface area contributed by atoms with Gasteiger partial charge in [-0.1, -0.05) is 57.5 Å². The van der Waals surface area contributed by atoms with Gasteiger partial charge in [0.2, 0.25) is 8.32 Å². The summed E-state index contributed by atoms with van der Waals surface area (Å²) < 4.78 is 25.8. The second-order valence-corrected chi connectivity index (χ2v) is 17.7. The highest BCUT2D eigenvalue weighted by Gasteiger charge is 2.40. The normalized spacial score (nSPS) is 18.9. The number of hydrogen-bond donors (Lipinski definition) is 0. The minimum absolute atomic E-state index is 0.120. The molecule has 0 aromatic heterocycles. The average molecular weight is 570 g/mol. The molecule has 0 saturated carbocycles. The third-order valence-corrected chi connectivity index (χ3v) is 13.5. The van der Waals surface area contributed by atoms with Crippen LogP contribution in [0.3, 0.4) is 0 Å². The molecule has 41 heavy (non-hydrogen) atoms. The van der Waals surface area contributed by atoms with E-state index in [0.29, 0.717) is 13.2 Å². The number of hydrogen-bond acceptors (Lipinski definition) is 5. The maximum atomic E-state index is 6.71. The lowest BCUT2D eigenvalue weighted by molar-refractivity contribution is 0.183. The molecule has 6 heteroatoms. The fourth-order valence-corrected chi connectivity index (χ4v) is 6.74. The number of rotatable bonds is 7. The minimum Gasteiger partial charge on any atom is -0.543 e. The summed E-state index contributed by atoms with van der Waals surface area (Å²) >= 11 is 0. The monoisotopic (exact) mass is 569 g/mol. The zero-order valence-electron chi connectivity index (χ0n) is 25.2. The van der Waals surface area contributed by atoms with Gasteiger partial charge in [-0.25, -0.2) is 0 Å². The second-order valence-electron chi connectivity index (χ2n) is 13.0. The Bertz CT molecular complexity index is 1420. The first kappa shape index (κ1) is 27.9. The second kappa shape index (κ2) is 11.2. The smallest absolute Gasteiger partial charge is 0.250 e. The Hall–Kier alpha value is -3.22. The Kier molecular flexibility index (Phi) is 7.64. The number of piperidine rings is 1. The van der Waals surface area contributed by atoms with E-state index in [9.17, 15) is 0 Å². The first-order valence-corrected chi connectivity index (χ1v) is 18.0. The fourth-order valence-electron chi connectivity index (χ4n) is 5.72. The highest BCUT2D eigenvalue weighted by atomic mass is 28.4. The van der Waals surface area contributed by atoms with Crippen LogP contribution in [0.1, 0.15) is 62.8 Å². The Balaban J connectivity index is 1.27. The molecule has 216 valence electrons. The summed E-state index contributed by atoms with van der Waals surface area (Å²) in [5.74, 6) is 3.52. The molecule has 3 aliphatic heterocycles. The lowest BCUT2D eigenvalue weighted by atomic mass is 9.84. The van der Waals surface area contributed by atoms with Gasteiger partial charge in [0.15, 0.2) is 6.10 Å². The topological polar surface area (TPSA) is 40.2 Å². The number of benzene rings is 3. The number of para-hydroxylation sites is 1. The molecule has 3 aromatic carbocycles. The average Bonchev–Trinajstić information content (AvgIpc) is 2.96. The van der Waals surface area contributed by atoms with Crippen molar-refractivity contribution < 1.29 is 18.6 Å². The highest BCUT2D eigenvalue weighted by Crippen LogP contribution is 2.51. The highest BCUT2D eigenvalue weighted by molar-refractivity contribution is 6.74. The van der Waals surface area contributed by atoms with Crippen molar-refractivity contribution in [1.82, 2.24) is 4.90 Å². The van der Waals surface area contributed by atoms with Gasteiger partial charge in [0.25, 0.3) is 0 Å². The van der Waals surface area contributed by atoms with Crippen LogP contribution in [0.2, 0.25) is 18.1 Å². The van der Waals surface area contributed by atoms with Crippen molar-refractivity contribution in [2.75, 3.05) is 32.8 Å². The van der Waals surface area contributed by atoms with Gasteiger partial charge in [-0.3, -0.25) is 4.90 Å². The maximum absolute atomic E-state index is 6.71. The minimum atomic E-state index is -1.97. The summed E-state index contributed by atoms with van der Waals surface area (Å²) in [6, 6.07) is 23.0. The summed E-state index contributed by atoms with van der Waals surface area (Å²) in [6.07, 6.45) is 3.72.